The monoisotopic (exact) mass is 450 g/mol. The molecular formula is C20H26N4O4S2. The summed E-state index contributed by atoms with van der Waals surface area (Å²) in [7, 11) is -6.99. The molecule has 8 nitrogen and oxygen atoms in total. The fraction of sp³-hybridized carbons (Fsp3) is 0.450. The Morgan fingerprint density at radius 1 is 0.967 bits per heavy atom. The molecule has 1 aromatic heterocycles. The highest BCUT2D eigenvalue weighted by atomic mass is 32.2. The van der Waals surface area contributed by atoms with Crippen molar-refractivity contribution >= 4 is 31.6 Å². The first-order valence-corrected chi connectivity index (χ1v) is 13.1. The molecule has 2 aliphatic rings. The van der Waals surface area contributed by atoms with Gasteiger partial charge >= 0.3 is 0 Å². The number of aryl methyl sites for hydroxylation is 1. The van der Waals surface area contributed by atoms with Gasteiger partial charge in [-0.3, -0.25) is 4.31 Å². The third kappa shape index (κ3) is 4.03. The minimum Gasteiger partial charge on any atom is -0.354 e. The number of benzene rings is 1. The van der Waals surface area contributed by atoms with Gasteiger partial charge in [0, 0.05) is 38.9 Å². The number of hydrogen-bond acceptors (Lipinski definition) is 6. The second kappa shape index (κ2) is 8.16. The van der Waals surface area contributed by atoms with Gasteiger partial charge in [0.05, 0.1) is 16.3 Å². The molecule has 0 spiro atoms. The van der Waals surface area contributed by atoms with Crippen LogP contribution in [0, 0.1) is 6.92 Å². The maximum atomic E-state index is 13.2. The molecule has 30 heavy (non-hydrogen) atoms. The zero-order valence-electron chi connectivity index (χ0n) is 16.9. The van der Waals surface area contributed by atoms with Crippen molar-refractivity contribution in [3.8, 4) is 0 Å². The summed E-state index contributed by atoms with van der Waals surface area (Å²) in [6.07, 6.45) is 3.19. The van der Waals surface area contributed by atoms with Gasteiger partial charge in [0.25, 0.3) is 0 Å². The Morgan fingerprint density at radius 3 is 2.37 bits per heavy atom. The first-order valence-electron chi connectivity index (χ1n) is 10.1. The lowest BCUT2D eigenvalue weighted by molar-refractivity contribution is 0.383. The van der Waals surface area contributed by atoms with Crippen LogP contribution in [0.4, 0.5) is 11.5 Å². The van der Waals surface area contributed by atoms with Gasteiger partial charge in [-0.2, -0.15) is 4.31 Å². The molecule has 1 aromatic carbocycles. The summed E-state index contributed by atoms with van der Waals surface area (Å²) in [5, 5.41) is 0. The van der Waals surface area contributed by atoms with Crippen LogP contribution in [-0.4, -0.2) is 64.6 Å². The van der Waals surface area contributed by atoms with Crippen LogP contribution < -0.4 is 9.21 Å². The Morgan fingerprint density at radius 2 is 1.73 bits per heavy atom. The molecule has 0 unspecified atom stereocenters. The first-order chi connectivity index (χ1) is 14.3. The molecule has 2 fully saturated rings. The van der Waals surface area contributed by atoms with E-state index in [2.05, 4.69) is 9.88 Å². The van der Waals surface area contributed by atoms with Crippen molar-refractivity contribution in [2.45, 2.75) is 24.7 Å². The summed E-state index contributed by atoms with van der Waals surface area (Å²) < 4.78 is 54.1. The van der Waals surface area contributed by atoms with E-state index in [9.17, 15) is 16.8 Å². The average molecular weight is 451 g/mol. The van der Waals surface area contributed by atoms with E-state index in [1.807, 2.05) is 18.2 Å². The molecule has 2 saturated heterocycles. The Hall–Kier alpha value is -2.17. The standard InChI is InChI=1S/C20H26N4O4S2/c1-17-16-18(24-10-4-5-15-29(24,25)26)7-8-19(17)30(27,28)23-13-11-22(12-14-23)20-6-2-3-9-21-20/h2-3,6-9,16H,4-5,10-15H2,1H3. The third-order valence-electron chi connectivity index (χ3n) is 5.63. The predicted octanol–water partition coefficient (Wildman–Crippen LogP) is 1.83. The third-order valence-corrected chi connectivity index (χ3v) is 9.55. The maximum absolute atomic E-state index is 13.2. The summed E-state index contributed by atoms with van der Waals surface area (Å²) in [4.78, 5) is 6.63. The molecule has 3 heterocycles. The van der Waals surface area contributed by atoms with E-state index in [0.29, 0.717) is 50.4 Å². The summed E-state index contributed by atoms with van der Waals surface area (Å²) in [6.45, 7) is 4.04. The van der Waals surface area contributed by atoms with Crippen LogP contribution in [0.2, 0.25) is 0 Å². The van der Waals surface area contributed by atoms with Gasteiger partial charge in [0.15, 0.2) is 0 Å². The molecule has 2 aromatic rings. The molecule has 2 aliphatic heterocycles. The number of nitrogens with zero attached hydrogens (tertiary/aromatic N) is 4. The topological polar surface area (TPSA) is 90.9 Å². The number of aromatic nitrogens is 1. The largest absolute Gasteiger partial charge is 0.354 e. The van der Waals surface area contributed by atoms with Crippen molar-refractivity contribution in [1.29, 1.82) is 0 Å². The zero-order valence-corrected chi connectivity index (χ0v) is 18.6. The van der Waals surface area contributed by atoms with Gasteiger partial charge in [-0.25, -0.2) is 21.8 Å². The minimum atomic E-state index is -3.66. The highest BCUT2D eigenvalue weighted by Gasteiger charge is 2.31. The molecule has 0 amide bonds. The van der Waals surface area contributed by atoms with Crippen LogP contribution >= 0.6 is 0 Å². The van der Waals surface area contributed by atoms with Crippen LogP contribution in [-0.2, 0) is 20.0 Å². The second-order valence-corrected chi connectivity index (χ2v) is 11.5. The number of piperazine rings is 1. The summed E-state index contributed by atoms with van der Waals surface area (Å²) in [5.41, 5.74) is 1.09. The fourth-order valence-corrected chi connectivity index (χ4v) is 7.25. The van der Waals surface area contributed by atoms with E-state index in [1.165, 1.54) is 14.7 Å². The SMILES string of the molecule is Cc1cc(N2CCCCS2(=O)=O)ccc1S(=O)(=O)N1CCN(c2ccccn2)CC1. The lowest BCUT2D eigenvalue weighted by Gasteiger charge is -2.35. The van der Waals surface area contributed by atoms with E-state index >= 15 is 0 Å². The average Bonchev–Trinajstić information content (AvgIpc) is 2.74. The van der Waals surface area contributed by atoms with Crippen molar-refractivity contribution in [3.05, 3.63) is 48.2 Å². The van der Waals surface area contributed by atoms with E-state index in [0.717, 1.165) is 12.2 Å². The maximum Gasteiger partial charge on any atom is 0.243 e. The van der Waals surface area contributed by atoms with Crippen molar-refractivity contribution < 1.29 is 16.8 Å². The molecular weight excluding hydrogens is 424 g/mol. The van der Waals surface area contributed by atoms with Crippen molar-refractivity contribution in [1.82, 2.24) is 9.29 Å². The normalized spacial score (nSPS) is 20.3. The Balaban J connectivity index is 1.52. The summed E-state index contributed by atoms with van der Waals surface area (Å²) in [5.74, 6) is 0.977. The van der Waals surface area contributed by atoms with E-state index in [4.69, 9.17) is 0 Å². The number of sulfonamides is 2. The molecule has 0 atom stereocenters. The van der Waals surface area contributed by atoms with Crippen LogP contribution in [0.1, 0.15) is 18.4 Å². The predicted molar refractivity (Wildman–Crippen MR) is 117 cm³/mol. The summed E-state index contributed by atoms with van der Waals surface area (Å²) >= 11 is 0. The van der Waals surface area contributed by atoms with Gasteiger partial charge in [-0.15, -0.1) is 0 Å². The minimum absolute atomic E-state index is 0.132. The highest BCUT2D eigenvalue weighted by Crippen LogP contribution is 2.29. The van der Waals surface area contributed by atoms with Gasteiger partial charge in [0.1, 0.15) is 5.82 Å². The number of hydrogen-bond donors (Lipinski definition) is 0. The quantitative estimate of drug-likeness (QED) is 0.706. The van der Waals surface area contributed by atoms with Gasteiger partial charge < -0.3 is 4.90 Å². The molecule has 0 radical (unpaired) electrons. The molecule has 4 rings (SSSR count). The fourth-order valence-electron chi connectivity index (χ4n) is 3.99. The van der Waals surface area contributed by atoms with E-state index in [-0.39, 0.29) is 10.6 Å². The lowest BCUT2D eigenvalue weighted by atomic mass is 10.2. The molecule has 0 aliphatic carbocycles. The van der Waals surface area contributed by atoms with Crippen molar-refractivity contribution in [2.75, 3.05) is 47.7 Å². The Bertz CT molecular complexity index is 1110. The van der Waals surface area contributed by atoms with Crippen molar-refractivity contribution in [2.24, 2.45) is 0 Å². The molecule has 162 valence electrons. The van der Waals surface area contributed by atoms with Crippen LogP contribution in [0.3, 0.4) is 0 Å². The molecule has 10 heteroatoms. The van der Waals surface area contributed by atoms with Crippen LogP contribution in [0.5, 0.6) is 0 Å². The van der Waals surface area contributed by atoms with E-state index < -0.39 is 20.0 Å². The molecule has 0 N–H and O–H groups in total. The second-order valence-electron chi connectivity index (χ2n) is 7.62. The molecule has 0 saturated carbocycles. The van der Waals surface area contributed by atoms with Crippen LogP contribution in [0.15, 0.2) is 47.5 Å². The Kier molecular flexibility index (Phi) is 5.73. The number of anilines is 2. The molecule has 0 bridgehead atoms. The highest BCUT2D eigenvalue weighted by molar-refractivity contribution is 7.92. The zero-order chi connectivity index (χ0) is 21.4. The number of pyridine rings is 1. The van der Waals surface area contributed by atoms with Crippen LogP contribution in [0.25, 0.3) is 0 Å². The van der Waals surface area contributed by atoms with Crippen molar-refractivity contribution in [3.63, 3.8) is 0 Å². The first kappa shape index (κ1) is 21.1. The lowest BCUT2D eigenvalue weighted by Crippen LogP contribution is -2.49. The smallest absolute Gasteiger partial charge is 0.243 e. The van der Waals surface area contributed by atoms with Gasteiger partial charge in [-0.1, -0.05) is 6.07 Å². The summed E-state index contributed by atoms with van der Waals surface area (Å²) in [6, 6.07) is 10.5. The van der Waals surface area contributed by atoms with Gasteiger partial charge in [-0.05, 0) is 55.7 Å². The van der Waals surface area contributed by atoms with E-state index in [1.54, 1.807) is 25.3 Å². The number of rotatable bonds is 4. The Labute approximate surface area is 178 Å². The van der Waals surface area contributed by atoms with Gasteiger partial charge in [0.2, 0.25) is 20.0 Å².